The number of Topliss-reactive ketones (excluding diaryl/α,β-unsaturated/α-hetero) is 1. The molecule has 0 fully saturated rings. The Hall–Kier alpha value is -1.84. The molecule has 0 saturated carbocycles. The zero-order valence-corrected chi connectivity index (χ0v) is 8.07. The van der Waals surface area contributed by atoms with Crippen LogP contribution in [-0.2, 0) is 9.59 Å². The molecule has 1 amide bonds. The Morgan fingerprint density at radius 3 is 1.86 bits per heavy atom. The van der Waals surface area contributed by atoms with Crippen LogP contribution in [0, 0.1) is 0 Å². The maximum atomic E-state index is 9.95. The predicted molar refractivity (Wildman–Crippen MR) is 55.3 cm³/mol. The first-order valence-electron chi connectivity index (χ1n) is 4.10. The molecule has 4 nitrogen and oxygen atoms in total. The van der Waals surface area contributed by atoms with E-state index in [1.165, 1.54) is 6.92 Å². The highest BCUT2D eigenvalue weighted by atomic mass is 16.2. The van der Waals surface area contributed by atoms with Crippen molar-refractivity contribution >= 4 is 17.4 Å². The molecule has 0 aromatic heterocycles. The molecule has 0 spiro atoms. The SMILES string of the molecule is CC(=O)CC(N)=O.Nc1ccccc1. The summed E-state index contributed by atoms with van der Waals surface area (Å²) in [6, 6.07) is 9.49. The third-order valence-electron chi connectivity index (χ3n) is 1.22. The Kier molecular flexibility index (Phi) is 5.78. The summed E-state index contributed by atoms with van der Waals surface area (Å²) in [6.07, 6.45) is -0.139. The lowest BCUT2D eigenvalue weighted by Gasteiger charge is -1.83. The molecular weight excluding hydrogens is 180 g/mol. The topological polar surface area (TPSA) is 86.2 Å². The Balaban J connectivity index is 0.000000241. The molecule has 1 rings (SSSR count). The average Bonchev–Trinajstić information content (AvgIpc) is 2.03. The van der Waals surface area contributed by atoms with Crippen molar-refractivity contribution in [3.63, 3.8) is 0 Å². The van der Waals surface area contributed by atoms with E-state index in [4.69, 9.17) is 5.73 Å². The molecule has 0 aliphatic rings. The fourth-order valence-corrected chi connectivity index (χ4v) is 0.698. The van der Waals surface area contributed by atoms with Crippen LogP contribution in [0.3, 0.4) is 0 Å². The van der Waals surface area contributed by atoms with Gasteiger partial charge < -0.3 is 11.5 Å². The van der Waals surface area contributed by atoms with E-state index in [2.05, 4.69) is 5.73 Å². The normalized spacial score (nSPS) is 8.36. The van der Waals surface area contributed by atoms with Crippen LogP contribution in [0.5, 0.6) is 0 Å². The summed E-state index contributed by atoms with van der Waals surface area (Å²) >= 11 is 0. The zero-order chi connectivity index (χ0) is 11.0. The number of rotatable bonds is 2. The van der Waals surface area contributed by atoms with Crippen molar-refractivity contribution in [2.45, 2.75) is 13.3 Å². The first-order chi connectivity index (χ1) is 6.52. The van der Waals surface area contributed by atoms with Crippen LogP contribution >= 0.6 is 0 Å². The van der Waals surface area contributed by atoms with Crippen molar-refractivity contribution in [2.24, 2.45) is 5.73 Å². The molecule has 0 radical (unpaired) electrons. The maximum absolute atomic E-state index is 9.95. The van der Waals surface area contributed by atoms with Crippen LogP contribution in [0.1, 0.15) is 13.3 Å². The number of ketones is 1. The van der Waals surface area contributed by atoms with Gasteiger partial charge >= 0.3 is 0 Å². The van der Waals surface area contributed by atoms with Gasteiger partial charge in [0.2, 0.25) is 5.91 Å². The Labute approximate surface area is 82.9 Å². The highest BCUT2D eigenvalue weighted by molar-refractivity contribution is 5.95. The average molecular weight is 194 g/mol. The number of carbonyl (C=O) groups is 2. The number of hydrogen-bond donors (Lipinski definition) is 2. The van der Waals surface area contributed by atoms with Gasteiger partial charge in [0.15, 0.2) is 0 Å². The van der Waals surface area contributed by atoms with Crippen molar-refractivity contribution in [3.05, 3.63) is 30.3 Å². The number of amides is 1. The second kappa shape index (κ2) is 6.65. The minimum atomic E-state index is -0.562. The summed E-state index contributed by atoms with van der Waals surface area (Å²) in [5.41, 5.74) is 10.8. The zero-order valence-electron chi connectivity index (χ0n) is 8.07. The van der Waals surface area contributed by atoms with E-state index < -0.39 is 5.91 Å². The van der Waals surface area contributed by atoms with Crippen molar-refractivity contribution in [1.29, 1.82) is 0 Å². The molecule has 0 unspecified atom stereocenters. The van der Waals surface area contributed by atoms with Crippen LogP contribution in [0.25, 0.3) is 0 Å². The van der Waals surface area contributed by atoms with E-state index in [0.29, 0.717) is 0 Å². The summed E-state index contributed by atoms with van der Waals surface area (Å²) < 4.78 is 0. The maximum Gasteiger partial charge on any atom is 0.224 e. The molecule has 1 aromatic rings. The fourth-order valence-electron chi connectivity index (χ4n) is 0.698. The van der Waals surface area contributed by atoms with Gasteiger partial charge in [-0.3, -0.25) is 9.59 Å². The van der Waals surface area contributed by atoms with E-state index in [9.17, 15) is 9.59 Å². The van der Waals surface area contributed by atoms with Crippen LogP contribution in [0.4, 0.5) is 5.69 Å². The number of nitrogen functional groups attached to an aromatic ring is 1. The van der Waals surface area contributed by atoms with Gasteiger partial charge in [-0.2, -0.15) is 0 Å². The second-order valence-corrected chi connectivity index (χ2v) is 2.76. The van der Waals surface area contributed by atoms with Gasteiger partial charge in [0.25, 0.3) is 0 Å². The third-order valence-corrected chi connectivity index (χ3v) is 1.22. The van der Waals surface area contributed by atoms with Crippen LogP contribution in [-0.4, -0.2) is 11.7 Å². The Morgan fingerprint density at radius 1 is 1.21 bits per heavy atom. The molecule has 0 aliphatic carbocycles. The first-order valence-corrected chi connectivity index (χ1v) is 4.10. The van der Waals surface area contributed by atoms with Crippen LogP contribution in [0.15, 0.2) is 30.3 Å². The molecular formula is C10H14N2O2. The van der Waals surface area contributed by atoms with E-state index in [0.717, 1.165) is 5.69 Å². The minimum absolute atomic E-state index is 0.139. The minimum Gasteiger partial charge on any atom is -0.399 e. The van der Waals surface area contributed by atoms with Gasteiger partial charge in [-0.15, -0.1) is 0 Å². The first kappa shape index (κ1) is 12.2. The number of carbonyl (C=O) groups excluding carboxylic acids is 2. The molecule has 0 aliphatic heterocycles. The number of nitrogens with two attached hydrogens (primary N) is 2. The van der Waals surface area contributed by atoms with Gasteiger partial charge in [-0.1, -0.05) is 18.2 Å². The predicted octanol–water partition coefficient (Wildman–Crippen LogP) is 0.720. The molecule has 0 saturated heterocycles. The largest absolute Gasteiger partial charge is 0.399 e. The number of anilines is 1. The van der Waals surface area contributed by atoms with E-state index in [-0.39, 0.29) is 12.2 Å². The van der Waals surface area contributed by atoms with Gasteiger partial charge in [-0.25, -0.2) is 0 Å². The smallest absolute Gasteiger partial charge is 0.224 e. The standard InChI is InChI=1S/C6H7N.C4H7NO2/c7-6-4-2-1-3-5-6;1-3(6)2-4(5)7/h1-5H,7H2;2H2,1H3,(H2,5,7). The quantitative estimate of drug-likeness (QED) is 0.537. The van der Waals surface area contributed by atoms with Gasteiger partial charge in [0.1, 0.15) is 5.78 Å². The third kappa shape index (κ3) is 8.26. The molecule has 14 heavy (non-hydrogen) atoms. The summed E-state index contributed by atoms with van der Waals surface area (Å²) in [4.78, 5) is 19.8. The van der Waals surface area contributed by atoms with Crippen molar-refractivity contribution in [3.8, 4) is 0 Å². The van der Waals surface area contributed by atoms with Gasteiger partial charge in [0.05, 0.1) is 6.42 Å². The molecule has 0 heterocycles. The van der Waals surface area contributed by atoms with E-state index >= 15 is 0 Å². The Bertz CT molecular complexity index is 284. The number of hydrogen-bond acceptors (Lipinski definition) is 3. The molecule has 4 heteroatoms. The number of para-hydroxylation sites is 1. The van der Waals surface area contributed by atoms with Crippen LogP contribution < -0.4 is 11.5 Å². The number of primary amides is 1. The lowest BCUT2D eigenvalue weighted by Crippen LogP contribution is -2.13. The summed E-state index contributed by atoms with van der Waals surface area (Å²) in [5, 5.41) is 0. The van der Waals surface area contributed by atoms with Crippen LogP contribution in [0.2, 0.25) is 0 Å². The lowest BCUT2D eigenvalue weighted by atomic mass is 10.3. The van der Waals surface area contributed by atoms with E-state index in [1.54, 1.807) is 0 Å². The molecule has 1 aromatic carbocycles. The van der Waals surface area contributed by atoms with Gasteiger partial charge in [0, 0.05) is 5.69 Å². The van der Waals surface area contributed by atoms with Crippen molar-refractivity contribution in [1.82, 2.24) is 0 Å². The molecule has 4 N–H and O–H groups in total. The molecule has 76 valence electrons. The van der Waals surface area contributed by atoms with Crippen molar-refractivity contribution in [2.75, 3.05) is 5.73 Å². The summed E-state index contributed by atoms with van der Waals surface area (Å²) in [5.74, 6) is -0.750. The summed E-state index contributed by atoms with van der Waals surface area (Å²) in [7, 11) is 0. The summed E-state index contributed by atoms with van der Waals surface area (Å²) in [6.45, 7) is 1.32. The lowest BCUT2D eigenvalue weighted by molar-refractivity contribution is -0.125. The Morgan fingerprint density at radius 2 is 1.71 bits per heavy atom. The monoisotopic (exact) mass is 194 g/mol. The highest BCUT2D eigenvalue weighted by Gasteiger charge is 1.95. The van der Waals surface area contributed by atoms with E-state index in [1.807, 2.05) is 30.3 Å². The highest BCUT2D eigenvalue weighted by Crippen LogP contribution is 1.95. The second-order valence-electron chi connectivity index (χ2n) is 2.76. The van der Waals surface area contributed by atoms with Gasteiger partial charge in [-0.05, 0) is 19.1 Å². The molecule has 0 atom stereocenters. The fraction of sp³-hybridized carbons (Fsp3) is 0.200. The number of benzene rings is 1. The van der Waals surface area contributed by atoms with Crippen molar-refractivity contribution < 1.29 is 9.59 Å². The molecule has 0 bridgehead atoms.